The first-order valence-electron chi connectivity index (χ1n) is 9.19. The number of fused-ring (bicyclic) bond motifs is 1. The van der Waals surface area contributed by atoms with E-state index in [2.05, 4.69) is 15.3 Å². The highest BCUT2D eigenvalue weighted by Gasteiger charge is 2.14. The van der Waals surface area contributed by atoms with Gasteiger partial charge < -0.3 is 15.2 Å². The number of hydrogen-bond donors (Lipinski definition) is 2. The average molecular weight is 418 g/mol. The topological polar surface area (TPSA) is 95.2 Å². The van der Waals surface area contributed by atoms with Crippen LogP contribution in [-0.2, 0) is 6.54 Å². The average Bonchev–Trinajstić information content (AvgIpc) is 3.29. The highest BCUT2D eigenvalue weighted by atomic mass is 32.1. The number of carbonyl (C=O) groups is 2. The number of nitrogens with zero attached hydrogens (tertiary/aromatic N) is 2. The lowest BCUT2D eigenvalue weighted by Crippen LogP contribution is -2.28. The van der Waals surface area contributed by atoms with Crippen molar-refractivity contribution in [2.24, 2.45) is 0 Å². The number of aromatic nitrogens is 2. The number of carbonyl (C=O) groups excluding carboxylic acids is 2. The summed E-state index contributed by atoms with van der Waals surface area (Å²) in [5, 5.41) is 5.15. The number of para-hydroxylation sites is 1. The minimum Gasteiger partial charge on any atom is -0.334 e. The first kappa shape index (κ1) is 19.5. The van der Waals surface area contributed by atoms with Gasteiger partial charge in [-0.3, -0.25) is 14.4 Å². The Bertz CT molecular complexity index is 1260. The Labute approximate surface area is 176 Å². The third-order valence-corrected chi connectivity index (χ3v) is 5.40. The fourth-order valence-corrected chi connectivity index (χ4v) is 3.64. The summed E-state index contributed by atoms with van der Waals surface area (Å²) in [6.45, 7) is 0.162. The van der Waals surface area contributed by atoms with E-state index in [1.165, 1.54) is 16.2 Å². The van der Waals surface area contributed by atoms with Crippen molar-refractivity contribution in [1.29, 1.82) is 0 Å². The predicted molar refractivity (Wildman–Crippen MR) is 117 cm³/mol. The molecule has 2 amide bonds. The van der Waals surface area contributed by atoms with Crippen LogP contribution in [0.15, 0.2) is 70.8 Å². The van der Waals surface area contributed by atoms with Gasteiger partial charge in [0.15, 0.2) is 0 Å². The predicted octanol–water partition coefficient (Wildman–Crippen LogP) is 3.51. The summed E-state index contributed by atoms with van der Waals surface area (Å²) in [6.07, 6.45) is 0. The second-order valence-corrected chi connectivity index (χ2v) is 7.65. The number of hydrogen-bond acceptors (Lipinski definition) is 5. The van der Waals surface area contributed by atoms with Gasteiger partial charge in [0.2, 0.25) is 0 Å². The molecule has 0 saturated heterocycles. The van der Waals surface area contributed by atoms with Gasteiger partial charge in [0.05, 0.1) is 22.3 Å². The van der Waals surface area contributed by atoms with Crippen LogP contribution in [0.3, 0.4) is 0 Å². The van der Waals surface area contributed by atoms with E-state index in [0.29, 0.717) is 32.9 Å². The molecule has 0 spiro atoms. The Kier molecular flexibility index (Phi) is 5.40. The second-order valence-electron chi connectivity index (χ2n) is 6.70. The van der Waals surface area contributed by atoms with Crippen molar-refractivity contribution in [1.82, 2.24) is 14.9 Å². The van der Waals surface area contributed by atoms with Crippen molar-refractivity contribution in [2.45, 2.75) is 6.54 Å². The molecular formula is C22H18N4O3S. The van der Waals surface area contributed by atoms with Gasteiger partial charge in [0, 0.05) is 18.3 Å². The van der Waals surface area contributed by atoms with Crippen LogP contribution < -0.4 is 10.9 Å². The maximum Gasteiger partial charge on any atom is 0.265 e. The van der Waals surface area contributed by atoms with E-state index in [1.807, 2.05) is 17.5 Å². The first-order chi connectivity index (χ1) is 14.5. The van der Waals surface area contributed by atoms with Crippen molar-refractivity contribution >= 4 is 39.7 Å². The fourth-order valence-electron chi connectivity index (χ4n) is 3.02. The number of H-pyrrole nitrogens is 1. The van der Waals surface area contributed by atoms with Gasteiger partial charge in [0.25, 0.3) is 17.4 Å². The minimum absolute atomic E-state index is 0.162. The molecule has 2 aromatic heterocycles. The second kappa shape index (κ2) is 8.30. The van der Waals surface area contributed by atoms with Gasteiger partial charge in [-0.1, -0.05) is 18.2 Å². The number of benzene rings is 2. The Morgan fingerprint density at radius 2 is 1.83 bits per heavy atom. The molecule has 2 N–H and O–H groups in total. The number of thiophene rings is 1. The molecule has 0 aliphatic carbocycles. The van der Waals surface area contributed by atoms with E-state index in [4.69, 9.17) is 0 Å². The summed E-state index contributed by atoms with van der Waals surface area (Å²) >= 11 is 1.36. The number of rotatable bonds is 5. The van der Waals surface area contributed by atoms with Crippen molar-refractivity contribution < 1.29 is 9.59 Å². The third kappa shape index (κ3) is 4.13. The summed E-state index contributed by atoms with van der Waals surface area (Å²) < 4.78 is 0. The van der Waals surface area contributed by atoms with Crippen molar-refractivity contribution in [3.63, 3.8) is 0 Å². The lowest BCUT2D eigenvalue weighted by Gasteiger charge is -2.17. The zero-order valence-electron chi connectivity index (χ0n) is 16.1. The summed E-state index contributed by atoms with van der Waals surface area (Å²) in [4.78, 5) is 46.3. The van der Waals surface area contributed by atoms with Gasteiger partial charge >= 0.3 is 0 Å². The van der Waals surface area contributed by atoms with Crippen LogP contribution in [0.2, 0.25) is 0 Å². The molecule has 4 aromatic rings. The largest absolute Gasteiger partial charge is 0.334 e. The van der Waals surface area contributed by atoms with E-state index >= 15 is 0 Å². The van der Waals surface area contributed by atoms with E-state index < -0.39 is 0 Å². The van der Waals surface area contributed by atoms with Gasteiger partial charge in [-0.2, -0.15) is 0 Å². The number of nitrogens with one attached hydrogen (secondary N) is 2. The molecule has 2 aromatic carbocycles. The van der Waals surface area contributed by atoms with Gasteiger partial charge in [0.1, 0.15) is 5.82 Å². The summed E-state index contributed by atoms with van der Waals surface area (Å²) in [5.74, 6) is 0.00356. The van der Waals surface area contributed by atoms with E-state index in [9.17, 15) is 14.4 Å². The number of aromatic amines is 1. The maximum absolute atomic E-state index is 12.7. The Hall–Kier alpha value is -3.78. The Morgan fingerprint density at radius 1 is 1.07 bits per heavy atom. The minimum atomic E-state index is -0.234. The summed E-state index contributed by atoms with van der Waals surface area (Å²) in [7, 11) is 1.64. The van der Waals surface area contributed by atoms with Crippen LogP contribution in [0.5, 0.6) is 0 Å². The van der Waals surface area contributed by atoms with Crippen molar-refractivity contribution in [3.8, 4) is 0 Å². The highest BCUT2D eigenvalue weighted by Crippen LogP contribution is 2.15. The van der Waals surface area contributed by atoms with Crippen LogP contribution in [0.4, 0.5) is 5.69 Å². The number of anilines is 1. The molecule has 0 fully saturated rings. The third-order valence-electron chi connectivity index (χ3n) is 4.53. The maximum atomic E-state index is 12.7. The van der Waals surface area contributed by atoms with Crippen LogP contribution >= 0.6 is 11.3 Å². The summed E-state index contributed by atoms with van der Waals surface area (Å²) in [5.41, 5.74) is 1.42. The molecule has 0 aliphatic rings. The zero-order valence-corrected chi connectivity index (χ0v) is 16.9. The van der Waals surface area contributed by atoms with Gasteiger partial charge in [-0.25, -0.2) is 4.98 Å². The normalized spacial score (nSPS) is 10.7. The standard InChI is InChI=1S/C22H18N4O3S/c1-26(13-19-24-17-6-3-2-5-16(17)20(27)25-19)22(29)14-8-10-15(11-9-14)23-21(28)18-7-4-12-30-18/h2-12H,13H2,1H3,(H,23,28)(H,24,25,27). The Balaban J connectivity index is 1.45. The number of amides is 2. The van der Waals surface area contributed by atoms with Crippen LogP contribution in [0.1, 0.15) is 25.9 Å². The zero-order chi connectivity index (χ0) is 21.1. The molecule has 8 heteroatoms. The van der Waals surface area contributed by atoms with E-state index in [1.54, 1.807) is 55.6 Å². The molecule has 0 saturated carbocycles. The van der Waals surface area contributed by atoms with Gasteiger partial charge in [-0.05, 0) is 47.8 Å². The first-order valence-corrected chi connectivity index (χ1v) is 10.1. The lowest BCUT2D eigenvalue weighted by atomic mass is 10.2. The van der Waals surface area contributed by atoms with Crippen LogP contribution in [0, 0.1) is 0 Å². The van der Waals surface area contributed by atoms with Gasteiger partial charge in [-0.15, -0.1) is 11.3 Å². The molecule has 7 nitrogen and oxygen atoms in total. The molecule has 30 heavy (non-hydrogen) atoms. The van der Waals surface area contributed by atoms with E-state index in [0.717, 1.165) is 0 Å². The molecule has 0 atom stereocenters. The molecule has 150 valence electrons. The molecule has 2 heterocycles. The molecule has 0 aliphatic heterocycles. The van der Waals surface area contributed by atoms with Crippen LogP contribution in [-0.4, -0.2) is 33.7 Å². The quantitative estimate of drug-likeness (QED) is 0.518. The molecule has 0 radical (unpaired) electrons. The Morgan fingerprint density at radius 3 is 2.57 bits per heavy atom. The summed E-state index contributed by atoms with van der Waals surface area (Å²) in [6, 6.07) is 17.3. The highest BCUT2D eigenvalue weighted by molar-refractivity contribution is 7.12. The fraction of sp³-hybridized carbons (Fsp3) is 0.0909. The monoisotopic (exact) mass is 418 g/mol. The molecule has 4 rings (SSSR count). The lowest BCUT2D eigenvalue weighted by molar-refractivity contribution is 0.0781. The van der Waals surface area contributed by atoms with E-state index in [-0.39, 0.29) is 23.9 Å². The van der Waals surface area contributed by atoms with Crippen molar-refractivity contribution in [2.75, 3.05) is 12.4 Å². The SMILES string of the molecule is CN(Cc1nc2ccccc2c(=O)[nH]1)C(=O)c1ccc(NC(=O)c2cccs2)cc1. The molecule has 0 bridgehead atoms. The van der Waals surface area contributed by atoms with Crippen LogP contribution in [0.25, 0.3) is 10.9 Å². The smallest absolute Gasteiger partial charge is 0.265 e. The molecular weight excluding hydrogens is 400 g/mol. The molecule has 0 unspecified atom stereocenters. The van der Waals surface area contributed by atoms with Crippen molar-refractivity contribution in [3.05, 3.63) is 92.7 Å².